The van der Waals surface area contributed by atoms with Gasteiger partial charge in [-0.2, -0.15) is 0 Å². The highest BCUT2D eigenvalue weighted by Gasteiger charge is 2.26. The highest BCUT2D eigenvalue weighted by Crippen LogP contribution is 2.23. The zero-order valence-electron chi connectivity index (χ0n) is 19.1. The van der Waals surface area contributed by atoms with E-state index in [-0.39, 0.29) is 34.8 Å². The van der Waals surface area contributed by atoms with E-state index in [1.165, 1.54) is 0 Å². The number of rotatable bonds is 7. The molecule has 0 saturated carbocycles. The van der Waals surface area contributed by atoms with Crippen LogP contribution in [0.2, 0.25) is 10.0 Å². The van der Waals surface area contributed by atoms with Crippen molar-refractivity contribution in [2.24, 2.45) is 0 Å². The maximum absolute atomic E-state index is 12.8. The Morgan fingerprint density at radius 1 is 1.26 bits per heavy atom. The van der Waals surface area contributed by atoms with Crippen LogP contribution in [0.1, 0.15) is 40.2 Å². The number of hydrogen-bond donors (Lipinski definition) is 4. The number of aryl methyl sites for hydroxylation is 1. The quantitative estimate of drug-likeness (QED) is 0.352. The van der Waals surface area contributed by atoms with Crippen molar-refractivity contribution in [1.29, 1.82) is 5.41 Å². The van der Waals surface area contributed by atoms with E-state index in [2.05, 4.69) is 25.6 Å². The van der Waals surface area contributed by atoms with Crippen LogP contribution in [0.3, 0.4) is 0 Å². The summed E-state index contributed by atoms with van der Waals surface area (Å²) >= 11 is 12.0. The summed E-state index contributed by atoms with van der Waals surface area (Å²) in [5.41, 5.74) is 2.27. The lowest BCUT2D eigenvalue weighted by atomic mass is 10.0. The fourth-order valence-electron chi connectivity index (χ4n) is 3.94. The standard InChI is InChI=1S/C24H25Cl2N7O2/c1-14-3-2-8-28-20(14)23(35)33-9-6-16(7-10-33)30-21-19(12-27)31-24(32-22(21)34)29-13-15-4-5-17(25)18(26)11-15/h2-5,8,11-12,16,27,30H,6-7,9-10,13H2,1H3,(H2,29,31,32,34). The van der Waals surface area contributed by atoms with Gasteiger partial charge in [0, 0.05) is 38.1 Å². The Morgan fingerprint density at radius 3 is 2.71 bits per heavy atom. The number of amides is 1. The van der Waals surface area contributed by atoms with Crippen LogP contribution in [0.15, 0.2) is 41.3 Å². The van der Waals surface area contributed by atoms with E-state index < -0.39 is 0 Å². The van der Waals surface area contributed by atoms with E-state index in [0.717, 1.165) is 17.3 Å². The number of pyridine rings is 1. The molecule has 0 atom stereocenters. The number of halogens is 2. The number of H-pyrrole nitrogens is 1. The minimum absolute atomic E-state index is 0.0273. The van der Waals surface area contributed by atoms with E-state index >= 15 is 0 Å². The van der Waals surface area contributed by atoms with E-state index in [1.807, 2.05) is 25.1 Å². The summed E-state index contributed by atoms with van der Waals surface area (Å²) in [6, 6.07) is 8.90. The molecule has 1 fully saturated rings. The zero-order valence-corrected chi connectivity index (χ0v) is 20.6. The summed E-state index contributed by atoms with van der Waals surface area (Å²) in [6.07, 6.45) is 3.98. The Hall–Kier alpha value is -3.43. The third-order valence-electron chi connectivity index (χ3n) is 5.87. The average molecular weight is 514 g/mol. The first kappa shape index (κ1) is 24.7. The molecule has 1 aliphatic heterocycles. The first-order chi connectivity index (χ1) is 16.9. The van der Waals surface area contributed by atoms with Crippen LogP contribution in [-0.2, 0) is 6.54 Å². The van der Waals surface area contributed by atoms with Crippen LogP contribution in [0.25, 0.3) is 0 Å². The number of piperidine rings is 1. The lowest BCUT2D eigenvalue weighted by Crippen LogP contribution is -2.43. The lowest BCUT2D eigenvalue weighted by Gasteiger charge is -2.33. The van der Waals surface area contributed by atoms with Gasteiger partial charge in [0.25, 0.3) is 11.5 Å². The molecule has 182 valence electrons. The first-order valence-electron chi connectivity index (χ1n) is 11.2. The molecule has 0 bridgehead atoms. The van der Waals surface area contributed by atoms with Crippen molar-refractivity contribution >= 4 is 47.0 Å². The van der Waals surface area contributed by atoms with Crippen molar-refractivity contribution in [2.75, 3.05) is 23.7 Å². The van der Waals surface area contributed by atoms with Crippen LogP contribution in [0, 0.1) is 12.3 Å². The molecule has 4 N–H and O–H groups in total. The number of carbonyl (C=O) groups excluding carboxylic acids is 1. The van der Waals surface area contributed by atoms with Crippen LogP contribution in [0.4, 0.5) is 11.6 Å². The fraction of sp³-hybridized carbons (Fsp3) is 0.292. The van der Waals surface area contributed by atoms with E-state index in [4.69, 9.17) is 28.6 Å². The van der Waals surface area contributed by atoms with Crippen molar-refractivity contribution in [3.8, 4) is 0 Å². The number of benzene rings is 1. The van der Waals surface area contributed by atoms with Gasteiger partial charge in [0.05, 0.1) is 10.0 Å². The zero-order chi connectivity index (χ0) is 24.9. The third kappa shape index (κ3) is 5.80. The fourth-order valence-corrected chi connectivity index (χ4v) is 4.26. The Kier molecular flexibility index (Phi) is 7.67. The highest BCUT2D eigenvalue weighted by molar-refractivity contribution is 6.42. The van der Waals surface area contributed by atoms with E-state index in [1.54, 1.807) is 23.2 Å². The van der Waals surface area contributed by atoms with Crippen LogP contribution in [0.5, 0.6) is 0 Å². The molecule has 2 aromatic heterocycles. The second-order valence-corrected chi connectivity index (χ2v) is 9.12. The molecule has 3 heterocycles. The molecule has 3 aromatic rings. The summed E-state index contributed by atoms with van der Waals surface area (Å²) in [6.45, 7) is 3.32. The number of nitrogens with one attached hydrogen (secondary N) is 4. The van der Waals surface area contributed by atoms with Gasteiger partial charge in [-0.1, -0.05) is 35.3 Å². The number of hydrogen-bond acceptors (Lipinski definition) is 7. The molecule has 35 heavy (non-hydrogen) atoms. The predicted octanol–water partition coefficient (Wildman–Crippen LogP) is 4.11. The first-order valence-corrected chi connectivity index (χ1v) is 11.9. The number of likely N-dealkylation sites (tertiary alicyclic amines) is 1. The maximum Gasteiger partial charge on any atom is 0.276 e. The maximum atomic E-state index is 12.8. The van der Waals surface area contributed by atoms with Gasteiger partial charge < -0.3 is 20.9 Å². The van der Waals surface area contributed by atoms with E-state index in [0.29, 0.717) is 48.2 Å². The van der Waals surface area contributed by atoms with E-state index in [9.17, 15) is 9.59 Å². The summed E-state index contributed by atoms with van der Waals surface area (Å²) in [4.78, 5) is 38.7. The Morgan fingerprint density at radius 2 is 2.03 bits per heavy atom. The van der Waals surface area contributed by atoms with Gasteiger partial charge >= 0.3 is 0 Å². The molecule has 1 amide bonds. The molecular formula is C24H25Cl2N7O2. The predicted molar refractivity (Wildman–Crippen MR) is 138 cm³/mol. The van der Waals surface area contributed by atoms with Gasteiger partial charge in [-0.15, -0.1) is 0 Å². The largest absolute Gasteiger partial charge is 0.376 e. The Bertz CT molecular complexity index is 1300. The molecule has 0 spiro atoms. The van der Waals surface area contributed by atoms with Crippen molar-refractivity contribution in [3.63, 3.8) is 0 Å². The van der Waals surface area contributed by atoms with Gasteiger partial charge in [0.15, 0.2) is 0 Å². The summed E-state index contributed by atoms with van der Waals surface area (Å²) in [5.74, 6) is 0.162. The molecular weight excluding hydrogens is 489 g/mol. The van der Waals surface area contributed by atoms with Crippen LogP contribution in [-0.4, -0.2) is 51.1 Å². The number of carbonyl (C=O) groups is 1. The molecule has 0 radical (unpaired) electrons. The monoisotopic (exact) mass is 513 g/mol. The second kappa shape index (κ2) is 10.9. The number of aromatic amines is 1. The summed E-state index contributed by atoms with van der Waals surface area (Å²) in [5, 5.41) is 14.9. The van der Waals surface area contributed by atoms with Crippen molar-refractivity contribution in [1.82, 2.24) is 19.9 Å². The molecule has 11 heteroatoms. The Labute approximate surface area is 212 Å². The van der Waals surface area contributed by atoms with Gasteiger partial charge in [0.2, 0.25) is 5.95 Å². The molecule has 0 unspecified atom stereocenters. The smallest absolute Gasteiger partial charge is 0.276 e. The molecule has 4 rings (SSSR count). The summed E-state index contributed by atoms with van der Waals surface area (Å²) in [7, 11) is 0. The van der Waals surface area contributed by atoms with Crippen molar-refractivity contribution in [2.45, 2.75) is 32.4 Å². The second-order valence-electron chi connectivity index (χ2n) is 8.30. The lowest BCUT2D eigenvalue weighted by molar-refractivity contribution is 0.0711. The molecule has 0 aliphatic carbocycles. The highest BCUT2D eigenvalue weighted by atomic mass is 35.5. The average Bonchev–Trinajstić information content (AvgIpc) is 2.86. The third-order valence-corrected chi connectivity index (χ3v) is 6.61. The molecule has 1 aliphatic rings. The SMILES string of the molecule is Cc1cccnc1C(=O)N1CCC(Nc2c(C=N)nc(NCc3ccc(Cl)c(Cl)c3)[nH]c2=O)CC1. The minimum atomic E-state index is -0.377. The van der Waals surface area contributed by atoms with Crippen molar-refractivity contribution in [3.05, 3.63) is 79.4 Å². The minimum Gasteiger partial charge on any atom is -0.376 e. The van der Waals surface area contributed by atoms with Gasteiger partial charge in [0.1, 0.15) is 17.1 Å². The van der Waals surface area contributed by atoms with Gasteiger partial charge in [-0.3, -0.25) is 19.6 Å². The van der Waals surface area contributed by atoms with Gasteiger partial charge in [-0.05, 0) is 49.1 Å². The molecule has 9 nitrogen and oxygen atoms in total. The summed E-state index contributed by atoms with van der Waals surface area (Å²) < 4.78 is 0. The van der Waals surface area contributed by atoms with Crippen LogP contribution < -0.4 is 16.2 Å². The topological polar surface area (TPSA) is 127 Å². The van der Waals surface area contributed by atoms with Crippen molar-refractivity contribution < 1.29 is 4.79 Å². The number of nitrogens with zero attached hydrogens (tertiary/aromatic N) is 3. The molecule has 1 saturated heterocycles. The molecule has 1 aromatic carbocycles. The number of anilines is 2. The Balaban J connectivity index is 1.39. The number of aromatic nitrogens is 3. The van der Waals surface area contributed by atoms with Crippen LogP contribution >= 0.6 is 23.2 Å². The normalized spacial score (nSPS) is 14.0. The van der Waals surface area contributed by atoms with Gasteiger partial charge in [-0.25, -0.2) is 4.98 Å².